The molecule has 1 atom stereocenters. The minimum atomic E-state index is -0.523. The molecule has 0 fully saturated rings. The summed E-state index contributed by atoms with van der Waals surface area (Å²) in [6.45, 7) is 0.249. The van der Waals surface area contributed by atoms with Crippen molar-refractivity contribution in [3.05, 3.63) is 0 Å². The Morgan fingerprint density at radius 1 is 1.57 bits per heavy atom. The Hall–Kier alpha value is -0.120. The van der Waals surface area contributed by atoms with Crippen LogP contribution < -0.4 is 5.73 Å². The first kappa shape index (κ1) is 6.88. The molecular formula is C4H11NO2. The minimum Gasteiger partial charge on any atom is -0.396 e. The van der Waals surface area contributed by atoms with Crippen LogP contribution in [0.5, 0.6) is 0 Å². The lowest BCUT2D eigenvalue weighted by atomic mass is 10.3. The predicted molar refractivity (Wildman–Crippen MR) is 26.8 cm³/mol. The van der Waals surface area contributed by atoms with Gasteiger partial charge in [-0.1, -0.05) is 0 Å². The summed E-state index contributed by atoms with van der Waals surface area (Å²) in [5.41, 5.74) is 5.00. The Kier molecular flexibility index (Phi) is 3.98. The van der Waals surface area contributed by atoms with Crippen LogP contribution in [0.15, 0.2) is 0 Å². The summed E-state index contributed by atoms with van der Waals surface area (Å²) in [6, 6.07) is 0. The Morgan fingerprint density at radius 2 is 2.14 bits per heavy atom. The summed E-state index contributed by atoms with van der Waals surface area (Å²) in [6.07, 6.45) is -0.138. The number of rotatable bonds is 3. The Bertz CT molecular complexity index is 40.7. The van der Waals surface area contributed by atoms with Crippen molar-refractivity contribution in [3.63, 3.8) is 0 Å². The topological polar surface area (TPSA) is 66.5 Å². The molecule has 0 aromatic carbocycles. The van der Waals surface area contributed by atoms with Crippen LogP contribution >= 0.6 is 0 Å². The van der Waals surface area contributed by atoms with Gasteiger partial charge in [0.25, 0.3) is 0 Å². The summed E-state index contributed by atoms with van der Waals surface area (Å²) in [4.78, 5) is 0. The molecule has 0 saturated heterocycles. The molecule has 0 unspecified atom stereocenters. The summed E-state index contributed by atoms with van der Waals surface area (Å²) in [7, 11) is 0. The molecular weight excluding hydrogens is 94.0 g/mol. The molecule has 0 saturated carbocycles. The maximum atomic E-state index is 8.57. The number of nitrogens with two attached hydrogens (primary N) is 1. The summed E-state index contributed by atoms with van der Waals surface area (Å²) in [5.74, 6) is 0. The largest absolute Gasteiger partial charge is 0.396 e. The second kappa shape index (κ2) is 4.05. The Balaban J connectivity index is 2.83. The van der Waals surface area contributed by atoms with Gasteiger partial charge in [-0.3, -0.25) is 0 Å². The predicted octanol–water partition coefficient (Wildman–Crippen LogP) is -1.31. The summed E-state index contributed by atoms with van der Waals surface area (Å²) < 4.78 is 0. The Morgan fingerprint density at radius 3 is 2.29 bits per heavy atom. The van der Waals surface area contributed by atoms with Crippen molar-refractivity contribution in [2.75, 3.05) is 13.2 Å². The fourth-order valence-electron chi connectivity index (χ4n) is 0.267. The SMILES string of the molecule is NC[C@@H](O)CCO. The zero-order chi connectivity index (χ0) is 5.70. The van der Waals surface area contributed by atoms with Crippen molar-refractivity contribution < 1.29 is 10.2 Å². The fraction of sp³-hybridized carbons (Fsp3) is 1.00. The lowest BCUT2D eigenvalue weighted by molar-refractivity contribution is 0.139. The lowest BCUT2D eigenvalue weighted by Crippen LogP contribution is -2.20. The molecule has 44 valence electrons. The third-order valence-electron chi connectivity index (χ3n) is 0.734. The zero-order valence-electron chi connectivity index (χ0n) is 4.17. The monoisotopic (exact) mass is 105 g/mol. The third-order valence-corrected chi connectivity index (χ3v) is 0.734. The summed E-state index contributed by atoms with van der Waals surface area (Å²) >= 11 is 0. The van der Waals surface area contributed by atoms with Gasteiger partial charge in [-0.15, -0.1) is 0 Å². The molecule has 7 heavy (non-hydrogen) atoms. The molecule has 0 aromatic rings. The molecule has 0 aliphatic carbocycles. The first-order chi connectivity index (χ1) is 3.31. The quantitative estimate of drug-likeness (QED) is 0.417. The van der Waals surface area contributed by atoms with Gasteiger partial charge in [-0.25, -0.2) is 0 Å². The van der Waals surface area contributed by atoms with Gasteiger partial charge in [0.05, 0.1) is 6.10 Å². The van der Waals surface area contributed by atoms with E-state index in [1.165, 1.54) is 0 Å². The number of hydrogen-bond donors (Lipinski definition) is 3. The van der Waals surface area contributed by atoms with Crippen LogP contribution in [0.4, 0.5) is 0 Å². The average Bonchev–Trinajstić information content (AvgIpc) is 1.68. The van der Waals surface area contributed by atoms with E-state index >= 15 is 0 Å². The van der Waals surface area contributed by atoms with Gasteiger partial charge >= 0.3 is 0 Å². The van der Waals surface area contributed by atoms with Crippen LogP contribution in [-0.2, 0) is 0 Å². The third kappa shape index (κ3) is 3.72. The van der Waals surface area contributed by atoms with Crippen molar-refractivity contribution >= 4 is 0 Å². The van der Waals surface area contributed by atoms with Crippen LogP contribution in [-0.4, -0.2) is 29.5 Å². The Labute approximate surface area is 42.8 Å². The van der Waals surface area contributed by atoms with Gasteiger partial charge in [0.15, 0.2) is 0 Å². The molecule has 3 nitrogen and oxygen atoms in total. The number of aliphatic hydroxyl groups is 2. The van der Waals surface area contributed by atoms with E-state index in [0.717, 1.165) is 0 Å². The maximum absolute atomic E-state index is 8.57. The minimum absolute atomic E-state index is 0.0123. The zero-order valence-corrected chi connectivity index (χ0v) is 4.17. The van der Waals surface area contributed by atoms with E-state index < -0.39 is 6.10 Å². The molecule has 0 aliphatic rings. The van der Waals surface area contributed by atoms with Crippen LogP contribution in [0.3, 0.4) is 0 Å². The smallest absolute Gasteiger partial charge is 0.0684 e. The standard InChI is InChI=1S/C4H11NO2/c5-3-4(7)1-2-6/h4,6-7H,1-3,5H2/t4-/m0/s1. The number of hydrogen-bond acceptors (Lipinski definition) is 3. The van der Waals surface area contributed by atoms with Crippen LogP contribution in [0.1, 0.15) is 6.42 Å². The highest BCUT2D eigenvalue weighted by Crippen LogP contribution is 1.83. The number of aliphatic hydroxyl groups excluding tert-OH is 2. The first-order valence-corrected chi connectivity index (χ1v) is 2.30. The second-order valence-corrected chi connectivity index (χ2v) is 1.40. The van der Waals surface area contributed by atoms with Crippen molar-refractivity contribution in [2.45, 2.75) is 12.5 Å². The highest BCUT2D eigenvalue weighted by Gasteiger charge is 1.95. The molecule has 0 aliphatic heterocycles. The molecule has 0 bridgehead atoms. The fourth-order valence-corrected chi connectivity index (χ4v) is 0.267. The van der Waals surface area contributed by atoms with Crippen LogP contribution in [0, 0.1) is 0 Å². The van der Waals surface area contributed by atoms with Gasteiger partial charge < -0.3 is 15.9 Å². The summed E-state index contributed by atoms with van der Waals surface area (Å²) in [5, 5.41) is 16.7. The second-order valence-electron chi connectivity index (χ2n) is 1.40. The highest BCUT2D eigenvalue weighted by molar-refractivity contribution is 4.51. The van der Waals surface area contributed by atoms with Gasteiger partial charge in [0, 0.05) is 13.2 Å². The molecule has 0 spiro atoms. The van der Waals surface area contributed by atoms with E-state index in [1.807, 2.05) is 0 Å². The molecule has 0 rings (SSSR count). The van der Waals surface area contributed by atoms with Gasteiger partial charge in [0.1, 0.15) is 0 Å². The van der Waals surface area contributed by atoms with Gasteiger partial charge in [-0.2, -0.15) is 0 Å². The van der Waals surface area contributed by atoms with E-state index in [4.69, 9.17) is 15.9 Å². The van der Waals surface area contributed by atoms with Gasteiger partial charge in [0.2, 0.25) is 0 Å². The van der Waals surface area contributed by atoms with E-state index in [0.29, 0.717) is 6.42 Å². The molecule has 0 amide bonds. The molecule has 0 radical (unpaired) electrons. The van der Waals surface area contributed by atoms with E-state index in [-0.39, 0.29) is 13.2 Å². The normalized spacial score (nSPS) is 14.1. The van der Waals surface area contributed by atoms with E-state index in [9.17, 15) is 0 Å². The van der Waals surface area contributed by atoms with Crippen LogP contribution in [0.25, 0.3) is 0 Å². The molecule has 0 aromatic heterocycles. The lowest BCUT2D eigenvalue weighted by Gasteiger charge is -2.01. The van der Waals surface area contributed by atoms with Crippen molar-refractivity contribution in [2.24, 2.45) is 5.73 Å². The molecule has 3 heteroatoms. The van der Waals surface area contributed by atoms with Crippen molar-refractivity contribution in [3.8, 4) is 0 Å². The molecule has 4 N–H and O–H groups in total. The first-order valence-electron chi connectivity index (χ1n) is 2.30. The average molecular weight is 105 g/mol. The van der Waals surface area contributed by atoms with E-state index in [2.05, 4.69) is 0 Å². The van der Waals surface area contributed by atoms with E-state index in [1.54, 1.807) is 0 Å². The van der Waals surface area contributed by atoms with Crippen molar-refractivity contribution in [1.82, 2.24) is 0 Å². The maximum Gasteiger partial charge on any atom is 0.0684 e. The highest BCUT2D eigenvalue weighted by atomic mass is 16.3. The van der Waals surface area contributed by atoms with Crippen LogP contribution in [0.2, 0.25) is 0 Å². The van der Waals surface area contributed by atoms with Crippen molar-refractivity contribution in [1.29, 1.82) is 0 Å². The molecule has 0 heterocycles. The van der Waals surface area contributed by atoms with Gasteiger partial charge in [-0.05, 0) is 6.42 Å².